The zero-order valence-electron chi connectivity index (χ0n) is 14.0. The highest BCUT2D eigenvalue weighted by Crippen LogP contribution is 2.16. The van der Waals surface area contributed by atoms with Crippen molar-refractivity contribution in [2.24, 2.45) is 0 Å². The maximum absolute atomic E-state index is 12.9. The molecule has 0 spiro atoms. The predicted molar refractivity (Wildman–Crippen MR) is 94.2 cm³/mol. The number of carbonyl (C=O) groups is 2. The molecule has 3 rings (SSSR count). The summed E-state index contributed by atoms with van der Waals surface area (Å²) >= 11 is 0. The van der Waals surface area contributed by atoms with Gasteiger partial charge >= 0.3 is 0 Å². The Hall–Kier alpha value is -2.73. The number of halogens is 1. The molecule has 0 radical (unpaired) electrons. The van der Waals surface area contributed by atoms with Crippen LogP contribution in [0.1, 0.15) is 27.6 Å². The lowest BCUT2D eigenvalue weighted by atomic mass is 10.1. The molecule has 2 N–H and O–H groups in total. The smallest absolute Gasteiger partial charge is 0.255 e. The Balaban J connectivity index is 1.73. The first-order valence-electron chi connectivity index (χ1n) is 8.23. The zero-order valence-corrected chi connectivity index (χ0v) is 14.0. The number of piperazine rings is 1. The summed E-state index contributed by atoms with van der Waals surface area (Å²) in [5, 5.41) is 6.00. The largest absolute Gasteiger partial charge is 0.333 e. The summed E-state index contributed by atoms with van der Waals surface area (Å²) in [6.45, 7) is 4.21. The van der Waals surface area contributed by atoms with Crippen LogP contribution in [0.3, 0.4) is 0 Å². The van der Waals surface area contributed by atoms with Crippen LogP contribution in [0.25, 0.3) is 0 Å². The topological polar surface area (TPSA) is 61.4 Å². The molecule has 130 valence electrons. The average molecular weight is 341 g/mol. The molecular formula is C19H20FN3O2. The summed E-state index contributed by atoms with van der Waals surface area (Å²) in [7, 11) is 0. The van der Waals surface area contributed by atoms with Crippen LogP contribution in [-0.2, 0) is 0 Å². The standard InChI is InChI=1S/C19H20FN3O2/c1-13-12-21-9-10-23(13)19(25)15-3-2-4-17(11-15)22-18(24)14-5-7-16(20)8-6-14/h2-8,11,13,21H,9-10,12H2,1H3,(H,22,24)/t13-/m0/s1. The van der Waals surface area contributed by atoms with Gasteiger partial charge in [0.15, 0.2) is 0 Å². The van der Waals surface area contributed by atoms with Crippen LogP contribution in [-0.4, -0.2) is 42.4 Å². The van der Waals surface area contributed by atoms with Crippen molar-refractivity contribution < 1.29 is 14.0 Å². The number of hydrogen-bond acceptors (Lipinski definition) is 3. The number of nitrogens with one attached hydrogen (secondary N) is 2. The lowest BCUT2D eigenvalue weighted by Gasteiger charge is -2.34. The second kappa shape index (κ2) is 7.44. The number of nitrogens with zero attached hydrogens (tertiary/aromatic N) is 1. The van der Waals surface area contributed by atoms with Crippen molar-refractivity contribution in [2.75, 3.05) is 25.0 Å². The summed E-state index contributed by atoms with van der Waals surface area (Å²) in [6, 6.07) is 12.3. The molecule has 1 fully saturated rings. The Morgan fingerprint density at radius 1 is 1.16 bits per heavy atom. The van der Waals surface area contributed by atoms with Gasteiger partial charge in [0.25, 0.3) is 11.8 Å². The SMILES string of the molecule is C[C@H]1CNCCN1C(=O)c1cccc(NC(=O)c2ccc(F)cc2)c1. The third-order valence-electron chi connectivity index (χ3n) is 4.24. The van der Waals surface area contributed by atoms with E-state index in [2.05, 4.69) is 10.6 Å². The maximum atomic E-state index is 12.9. The van der Waals surface area contributed by atoms with Gasteiger partial charge in [-0.1, -0.05) is 6.07 Å². The van der Waals surface area contributed by atoms with Gasteiger partial charge in [-0.25, -0.2) is 4.39 Å². The van der Waals surface area contributed by atoms with Crippen LogP contribution < -0.4 is 10.6 Å². The molecule has 25 heavy (non-hydrogen) atoms. The molecule has 1 aliphatic rings. The summed E-state index contributed by atoms with van der Waals surface area (Å²) in [5.74, 6) is -0.790. The van der Waals surface area contributed by atoms with Gasteiger partial charge < -0.3 is 15.5 Å². The minimum Gasteiger partial charge on any atom is -0.333 e. The summed E-state index contributed by atoms with van der Waals surface area (Å²) in [6.07, 6.45) is 0. The second-order valence-electron chi connectivity index (χ2n) is 6.09. The van der Waals surface area contributed by atoms with E-state index in [0.717, 1.165) is 13.1 Å². The van der Waals surface area contributed by atoms with Crippen LogP contribution in [0, 0.1) is 5.82 Å². The van der Waals surface area contributed by atoms with Crippen molar-refractivity contribution in [3.63, 3.8) is 0 Å². The lowest BCUT2D eigenvalue weighted by molar-refractivity contribution is 0.0655. The van der Waals surface area contributed by atoms with E-state index in [4.69, 9.17) is 0 Å². The Labute approximate surface area is 145 Å². The Morgan fingerprint density at radius 2 is 1.92 bits per heavy atom. The van der Waals surface area contributed by atoms with Gasteiger partial charge in [-0.15, -0.1) is 0 Å². The van der Waals surface area contributed by atoms with Gasteiger partial charge in [-0.2, -0.15) is 0 Å². The molecule has 2 aromatic carbocycles. The fourth-order valence-corrected chi connectivity index (χ4v) is 2.84. The van der Waals surface area contributed by atoms with Crippen molar-refractivity contribution in [1.29, 1.82) is 0 Å². The minimum atomic E-state index is -0.394. The molecule has 0 unspecified atom stereocenters. The van der Waals surface area contributed by atoms with Crippen LogP contribution in [0.4, 0.5) is 10.1 Å². The molecule has 2 amide bonds. The van der Waals surface area contributed by atoms with Crippen LogP contribution >= 0.6 is 0 Å². The first-order chi connectivity index (χ1) is 12.0. The third kappa shape index (κ3) is 4.03. The van der Waals surface area contributed by atoms with Gasteiger partial charge in [-0.05, 0) is 49.4 Å². The number of anilines is 1. The number of hydrogen-bond donors (Lipinski definition) is 2. The summed E-state index contributed by atoms with van der Waals surface area (Å²) < 4.78 is 12.9. The molecule has 0 saturated carbocycles. The highest BCUT2D eigenvalue weighted by molar-refractivity contribution is 6.05. The van der Waals surface area contributed by atoms with Gasteiger partial charge in [0.2, 0.25) is 0 Å². The molecule has 0 bridgehead atoms. The van der Waals surface area contributed by atoms with Gasteiger partial charge in [0.1, 0.15) is 5.82 Å². The summed E-state index contributed by atoms with van der Waals surface area (Å²) in [4.78, 5) is 26.8. The summed E-state index contributed by atoms with van der Waals surface area (Å²) in [5.41, 5.74) is 1.42. The highest BCUT2D eigenvalue weighted by atomic mass is 19.1. The number of amides is 2. The number of benzene rings is 2. The minimum absolute atomic E-state index is 0.0492. The molecule has 1 atom stereocenters. The molecular weight excluding hydrogens is 321 g/mol. The lowest BCUT2D eigenvalue weighted by Crippen LogP contribution is -2.52. The molecule has 0 aliphatic carbocycles. The third-order valence-corrected chi connectivity index (χ3v) is 4.24. The Bertz CT molecular complexity index is 776. The van der Waals surface area contributed by atoms with Crippen molar-refractivity contribution in [1.82, 2.24) is 10.2 Å². The van der Waals surface area contributed by atoms with Crippen molar-refractivity contribution in [2.45, 2.75) is 13.0 Å². The monoisotopic (exact) mass is 341 g/mol. The predicted octanol–water partition coefficient (Wildman–Crippen LogP) is 2.51. The fourth-order valence-electron chi connectivity index (χ4n) is 2.84. The van der Waals surface area contributed by atoms with Gasteiger partial charge in [0.05, 0.1) is 0 Å². The van der Waals surface area contributed by atoms with E-state index in [1.807, 2.05) is 11.8 Å². The number of carbonyl (C=O) groups excluding carboxylic acids is 2. The quantitative estimate of drug-likeness (QED) is 0.902. The molecule has 1 saturated heterocycles. The van der Waals surface area contributed by atoms with Crippen molar-refractivity contribution in [3.05, 3.63) is 65.5 Å². The van der Waals surface area contributed by atoms with E-state index in [9.17, 15) is 14.0 Å². The van der Waals surface area contributed by atoms with E-state index in [-0.39, 0.29) is 17.9 Å². The van der Waals surface area contributed by atoms with E-state index >= 15 is 0 Å². The fraction of sp³-hybridized carbons (Fsp3) is 0.263. The van der Waals surface area contributed by atoms with E-state index in [0.29, 0.717) is 23.4 Å². The average Bonchev–Trinajstić information content (AvgIpc) is 2.62. The first kappa shape index (κ1) is 17.1. The van der Waals surface area contributed by atoms with Crippen LogP contribution in [0.2, 0.25) is 0 Å². The molecule has 1 heterocycles. The molecule has 2 aromatic rings. The molecule has 5 nitrogen and oxygen atoms in total. The Kier molecular flexibility index (Phi) is 5.09. The number of rotatable bonds is 3. The Morgan fingerprint density at radius 3 is 2.64 bits per heavy atom. The van der Waals surface area contributed by atoms with Crippen molar-refractivity contribution >= 4 is 17.5 Å². The van der Waals surface area contributed by atoms with Crippen LogP contribution in [0.15, 0.2) is 48.5 Å². The van der Waals surface area contributed by atoms with Crippen LogP contribution in [0.5, 0.6) is 0 Å². The first-order valence-corrected chi connectivity index (χ1v) is 8.23. The van der Waals surface area contributed by atoms with Gasteiger partial charge in [-0.3, -0.25) is 9.59 Å². The molecule has 1 aliphatic heterocycles. The van der Waals surface area contributed by atoms with E-state index in [1.165, 1.54) is 24.3 Å². The zero-order chi connectivity index (χ0) is 17.8. The molecule has 0 aromatic heterocycles. The highest BCUT2D eigenvalue weighted by Gasteiger charge is 2.24. The second-order valence-corrected chi connectivity index (χ2v) is 6.09. The van der Waals surface area contributed by atoms with E-state index in [1.54, 1.807) is 24.3 Å². The normalized spacial score (nSPS) is 17.2. The van der Waals surface area contributed by atoms with Crippen molar-refractivity contribution in [3.8, 4) is 0 Å². The molecule has 6 heteroatoms. The van der Waals surface area contributed by atoms with E-state index < -0.39 is 5.82 Å². The maximum Gasteiger partial charge on any atom is 0.255 e. The van der Waals surface area contributed by atoms with Gasteiger partial charge in [0, 0.05) is 42.5 Å².